The first-order valence-electron chi connectivity index (χ1n) is 5.73. The van der Waals surface area contributed by atoms with Crippen LogP contribution in [0.5, 0.6) is 0 Å². The summed E-state index contributed by atoms with van der Waals surface area (Å²) in [6.07, 6.45) is 4.86. The van der Waals surface area contributed by atoms with Crippen LogP contribution in [0.3, 0.4) is 0 Å². The normalized spacial score (nSPS) is 11.9. The average Bonchev–Trinajstić information content (AvgIpc) is 2.27. The summed E-state index contributed by atoms with van der Waals surface area (Å²) in [4.78, 5) is 21.8. The summed E-state index contributed by atoms with van der Waals surface area (Å²) >= 11 is 0. The Bertz CT molecular complexity index is 213. The Balaban J connectivity index is 3.37. The van der Waals surface area contributed by atoms with Crippen LogP contribution in [0.4, 0.5) is 0 Å². The molecule has 0 heterocycles. The van der Waals surface area contributed by atoms with Crippen molar-refractivity contribution in [3.05, 3.63) is 0 Å². The largest absolute Gasteiger partial charge is 0.469 e. The Labute approximate surface area is 97.3 Å². The van der Waals surface area contributed by atoms with Gasteiger partial charge in [0.2, 0.25) is 0 Å². The molecule has 0 bridgehead atoms. The van der Waals surface area contributed by atoms with Crippen molar-refractivity contribution in [1.29, 1.82) is 0 Å². The van der Waals surface area contributed by atoms with Crippen molar-refractivity contribution >= 4 is 11.9 Å². The molecule has 0 N–H and O–H groups in total. The molecule has 0 radical (unpaired) electrons. The smallest absolute Gasteiger partial charge is 0.305 e. The van der Waals surface area contributed by atoms with Gasteiger partial charge in [0, 0.05) is 12.8 Å². The van der Waals surface area contributed by atoms with Crippen molar-refractivity contribution in [1.82, 2.24) is 0 Å². The molecule has 1 atom stereocenters. The fourth-order valence-corrected chi connectivity index (χ4v) is 1.51. The molecule has 0 saturated heterocycles. The molecular formula is C12H22O4. The molecule has 0 fully saturated rings. The second-order valence-corrected chi connectivity index (χ2v) is 4.06. The zero-order valence-corrected chi connectivity index (χ0v) is 10.5. The summed E-state index contributed by atoms with van der Waals surface area (Å²) in [5.74, 6) is 0.0512. The molecule has 0 aromatic heterocycles. The summed E-state index contributed by atoms with van der Waals surface area (Å²) in [7, 11) is 2.81. The van der Waals surface area contributed by atoms with Crippen LogP contribution in [-0.4, -0.2) is 26.2 Å². The summed E-state index contributed by atoms with van der Waals surface area (Å²) in [6, 6.07) is 0. The number of hydrogen-bond donors (Lipinski definition) is 0. The van der Waals surface area contributed by atoms with Gasteiger partial charge in [-0.1, -0.05) is 26.2 Å². The Kier molecular flexibility index (Phi) is 8.58. The van der Waals surface area contributed by atoms with Crippen LogP contribution in [0.25, 0.3) is 0 Å². The fraction of sp³-hybridized carbons (Fsp3) is 0.833. The lowest BCUT2D eigenvalue weighted by Gasteiger charge is -2.09. The third kappa shape index (κ3) is 8.26. The SMILES string of the molecule is COC(=O)CCCCCC(C)CC(=O)OC. The lowest BCUT2D eigenvalue weighted by Crippen LogP contribution is -2.07. The van der Waals surface area contributed by atoms with Gasteiger partial charge in [0.05, 0.1) is 14.2 Å². The van der Waals surface area contributed by atoms with Crippen LogP contribution in [0, 0.1) is 5.92 Å². The van der Waals surface area contributed by atoms with Gasteiger partial charge >= 0.3 is 11.9 Å². The van der Waals surface area contributed by atoms with Crippen molar-refractivity contribution in [2.24, 2.45) is 5.92 Å². The molecule has 1 unspecified atom stereocenters. The molecule has 16 heavy (non-hydrogen) atoms. The van der Waals surface area contributed by atoms with Crippen LogP contribution < -0.4 is 0 Å². The number of ether oxygens (including phenoxy) is 2. The predicted octanol–water partition coefficient (Wildman–Crippen LogP) is 2.31. The van der Waals surface area contributed by atoms with Crippen molar-refractivity contribution in [3.63, 3.8) is 0 Å². The second-order valence-electron chi connectivity index (χ2n) is 4.06. The van der Waals surface area contributed by atoms with E-state index in [1.807, 2.05) is 6.92 Å². The van der Waals surface area contributed by atoms with Gasteiger partial charge in [-0.3, -0.25) is 9.59 Å². The topological polar surface area (TPSA) is 52.6 Å². The zero-order chi connectivity index (χ0) is 12.4. The minimum Gasteiger partial charge on any atom is -0.469 e. The lowest BCUT2D eigenvalue weighted by molar-refractivity contribution is -0.142. The molecular weight excluding hydrogens is 208 g/mol. The second kappa shape index (κ2) is 9.19. The average molecular weight is 230 g/mol. The number of esters is 2. The third-order valence-corrected chi connectivity index (χ3v) is 2.55. The molecule has 4 heteroatoms. The predicted molar refractivity (Wildman–Crippen MR) is 60.9 cm³/mol. The Morgan fingerprint density at radius 3 is 2.19 bits per heavy atom. The van der Waals surface area contributed by atoms with E-state index in [-0.39, 0.29) is 11.9 Å². The molecule has 0 aliphatic heterocycles. The van der Waals surface area contributed by atoms with E-state index in [9.17, 15) is 9.59 Å². The summed E-state index contributed by atoms with van der Waals surface area (Å²) in [6.45, 7) is 2.04. The number of carbonyl (C=O) groups is 2. The van der Waals surface area contributed by atoms with E-state index in [4.69, 9.17) is 0 Å². The van der Waals surface area contributed by atoms with Gasteiger partial charge in [-0.05, 0) is 12.3 Å². The van der Waals surface area contributed by atoms with Gasteiger partial charge in [0.1, 0.15) is 0 Å². The van der Waals surface area contributed by atoms with E-state index in [1.54, 1.807) is 0 Å². The standard InChI is InChI=1S/C12H22O4/c1-10(9-12(14)16-3)7-5-4-6-8-11(13)15-2/h10H,4-9H2,1-3H3. The fourth-order valence-electron chi connectivity index (χ4n) is 1.51. The van der Waals surface area contributed by atoms with Crippen molar-refractivity contribution in [3.8, 4) is 0 Å². The zero-order valence-electron chi connectivity index (χ0n) is 10.5. The van der Waals surface area contributed by atoms with Crippen LogP contribution in [0.2, 0.25) is 0 Å². The molecule has 0 aromatic rings. The van der Waals surface area contributed by atoms with E-state index < -0.39 is 0 Å². The molecule has 0 saturated carbocycles. The van der Waals surface area contributed by atoms with Crippen LogP contribution >= 0.6 is 0 Å². The Morgan fingerprint density at radius 1 is 1.00 bits per heavy atom. The van der Waals surface area contributed by atoms with Crippen molar-refractivity contribution in [2.45, 2.75) is 45.4 Å². The molecule has 0 aliphatic rings. The molecule has 0 aliphatic carbocycles. The number of unbranched alkanes of at least 4 members (excludes halogenated alkanes) is 2. The minimum absolute atomic E-state index is 0.150. The summed E-state index contributed by atoms with van der Waals surface area (Å²) in [5.41, 5.74) is 0. The van der Waals surface area contributed by atoms with Gasteiger partial charge in [0.15, 0.2) is 0 Å². The van der Waals surface area contributed by atoms with Crippen molar-refractivity contribution in [2.75, 3.05) is 14.2 Å². The summed E-state index contributed by atoms with van der Waals surface area (Å²) in [5, 5.41) is 0. The van der Waals surface area contributed by atoms with Gasteiger partial charge in [-0.25, -0.2) is 0 Å². The molecule has 4 nitrogen and oxygen atoms in total. The lowest BCUT2D eigenvalue weighted by atomic mass is 9.99. The van der Waals surface area contributed by atoms with Gasteiger partial charge in [-0.15, -0.1) is 0 Å². The highest BCUT2D eigenvalue weighted by atomic mass is 16.5. The van der Waals surface area contributed by atoms with Crippen molar-refractivity contribution < 1.29 is 19.1 Å². The van der Waals surface area contributed by atoms with E-state index in [1.165, 1.54) is 14.2 Å². The Hall–Kier alpha value is -1.06. The number of methoxy groups -OCH3 is 2. The maximum atomic E-state index is 11.0. The van der Waals surface area contributed by atoms with Gasteiger partial charge in [0.25, 0.3) is 0 Å². The highest BCUT2D eigenvalue weighted by Crippen LogP contribution is 2.14. The maximum absolute atomic E-state index is 11.0. The van der Waals surface area contributed by atoms with Gasteiger partial charge < -0.3 is 9.47 Å². The van der Waals surface area contributed by atoms with E-state index in [0.29, 0.717) is 18.8 Å². The van der Waals surface area contributed by atoms with E-state index in [2.05, 4.69) is 9.47 Å². The highest BCUT2D eigenvalue weighted by molar-refractivity contribution is 5.69. The quantitative estimate of drug-likeness (QED) is 0.474. The molecule has 0 spiro atoms. The molecule has 0 amide bonds. The monoisotopic (exact) mass is 230 g/mol. The summed E-state index contributed by atoms with van der Waals surface area (Å²) < 4.78 is 9.14. The third-order valence-electron chi connectivity index (χ3n) is 2.55. The van der Waals surface area contributed by atoms with Crippen LogP contribution in [0.1, 0.15) is 45.4 Å². The minimum atomic E-state index is -0.151. The first kappa shape index (κ1) is 14.9. The highest BCUT2D eigenvalue weighted by Gasteiger charge is 2.08. The Morgan fingerprint density at radius 2 is 1.62 bits per heavy atom. The van der Waals surface area contributed by atoms with Crippen LogP contribution in [-0.2, 0) is 19.1 Å². The van der Waals surface area contributed by atoms with E-state index >= 15 is 0 Å². The maximum Gasteiger partial charge on any atom is 0.305 e. The first-order valence-corrected chi connectivity index (χ1v) is 5.73. The molecule has 0 rings (SSSR count). The number of rotatable bonds is 8. The number of carbonyl (C=O) groups excluding carboxylic acids is 2. The van der Waals surface area contributed by atoms with Crippen LogP contribution in [0.15, 0.2) is 0 Å². The van der Waals surface area contributed by atoms with E-state index in [0.717, 1.165) is 25.7 Å². The van der Waals surface area contributed by atoms with Gasteiger partial charge in [-0.2, -0.15) is 0 Å². The first-order chi connectivity index (χ1) is 7.60. The molecule has 0 aromatic carbocycles. The molecule has 94 valence electrons. The number of hydrogen-bond acceptors (Lipinski definition) is 4.